The van der Waals surface area contributed by atoms with Crippen molar-refractivity contribution in [2.24, 2.45) is 0 Å². The topological polar surface area (TPSA) is 64.9 Å². The maximum absolute atomic E-state index is 5.42. The molecule has 18 heavy (non-hydrogen) atoms. The summed E-state index contributed by atoms with van der Waals surface area (Å²) in [5.41, 5.74) is 0.930. The summed E-state index contributed by atoms with van der Waals surface area (Å²) in [6.07, 6.45) is 5.21. The number of ether oxygens (including phenoxy) is 1. The van der Waals surface area contributed by atoms with Crippen molar-refractivity contribution in [2.75, 3.05) is 18.5 Å². The molecule has 2 aromatic rings. The van der Waals surface area contributed by atoms with E-state index >= 15 is 0 Å². The highest BCUT2D eigenvalue weighted by atomic mass is 16.5. The molecule has 96 valence electrons. The normalized spacial score (nSPS) is 10.3. The van der Waals surface area contributed by atoms with E-state index < -0.39 is 0 Å². The second-order valence-corrected chi connectivity index (χ2v) is 3.78. The van der Waals surface area contributed by atoms with Crippen LogP contribution in [0.3, 0.4) is 0 Å². The van der Waals surface area contributed by atoms with Crippen LogP contribution in [0, 0.1) is 6.92 Å². The number of anilines is 1. The summed E-state index contributed by atoms with van der Waals surface area (Å²) in [6.45, 7) is 6.03. The van der Waals surface area contributed by atoms with Gasteiger partial charge >= 0.3 is 0 Å². The Bertz CT molecular complexity index is 483. The van der Waals surface area contributed by atoms with Crippen LogP contribution in [0.25, 0.3) is 0 Å². The van der Waals surface area contributed by atoms with Gasteiger partial charge in [0, 0.05) is 18.9 Å². The Morgan fingerprint density at radius 2 is 2.28 bits per heavy atom. The predicted octanol–water partition coefficient (Wildman–Crippen LogP) is 1.49. The molecule has 2 aromatic heterocycles. The molecule has 0 atom stereocenters. The SMILES string of the molecule is CCOc1ncnc(NCCn2cccn2)c1C. The van der Waals surface area contributed by atoms with E-state index in [4.69, 9.17) is 4.74 Å². The lowest BCUT2D eigenvalue weighted by molar-refractivity contribution is 0.324. The minimum Gasteiger partial charge on any atom is -0.478 e. The monoisotopic (exact) mass is 247 g/mol. The van der Waals surface area contributed by atoms with Crippen LogP contribution >= 0.6 is 0 Å². The van der Waals surface area contributed by atoms with Gasteiger partial charge in [0.05, 0.1) is 18.7 Å². The highest BCUT2D eigenvalue weighted by molar-refractivity contribution is 5.47. The molecule has 0 aliphatic heterocycles. The van der Waals surface area contributed by atoms with Crippen LogP contribution in [0.4, 0.5) is 5.82 Å². The lowest BCUT2D eigenvalue weighted by Crippen LogP contribution is -2.13. The molecule has 0 bridgehead atoms. The van der Waals surface area contributed by atoms with Gasteiger partial charge in [0.1, 0.15) is 12.1 Å². The summed E-state index contributed by atoms with van der Waals surface area (Å²) in [6, 6.07) is 1.91. The van der Waals surface area contributed by atoms with Crippen LogP contribution in [0.5, 0.6) is 5.88 Å². The fourth-order valence-electron chi connectivity index (χ4n) is 1.62. The van der Waals surface area contributed by atoms with Crippen molar-refractivity contribution in [2.45, 2.75) is 20.4 Å². The van der Waals surface area contributed by atoms with Gasteiger partial charge in [-0.3, -0.25) is 4.68 Å². The average Bonchev–Trinajstić information content (AvgIpc) is 2.87. The van der Waals surface area contributed by atoms with Crippen LogP contribution in [-0.4, -0.2) is 32.9 Å². The van der Waals surface area contributed by atoms with Crippen LogP contribution in [0.2, 0.25) is 0 Å². The van der Waals surface area contributed by atoms with E-state index in [0.29, 0.717) is 12.5 Å². The molecule has 0 unspecified atom stereocenters. The maximum Gasteiger partial charge on any atom is 0.221 e. The Morgan fingerprint density at radius 3 is 3.00 bits per heavy atom. The molecule has 0 amide bonds. The zero-order valence-electron chi connectivity index (χ0n) is 10.6. The maximum atomic E-state index is 5.42. The van der Waals surface area contributed by atoms with Crippen molar-refractivity contribution < 1.29 is 4.74 Å². The predicted molar refractivity (Wildman–Crippen MR) is 68.7 cm³/mol. The van der Waals surface area contributed by atoms with Crippen molar-refractivity contribution >= 4 is 5.82 Å². The van der Waals surface area contributed by atoms with Crippen LogP contribution in [-0.2, 0) is 6.54 Å². The molecule has 6 heteroatoms. The van der Waals surface area contributed by atoms with Crippen molar-refractivity contribution in [1.29, 1.82) is 0 Å². The smallest absolute Gasteiger partial charge is 0.221 e. The number of rotatable bonds is 6. The Balaban J connectivity index is 1.94. The summed E-state index contributed by atoms with van der Waals surface area (Å²) in [4.78, 5) is 8.30. The third-order valence-corrected chi connectivity index (χ3v) is 2.51. The third-order valence-electron chi connectivity index (χ3n) is 2.51. The molecule has 2 heterocycles. The van der Waals surface area contributed by atoms with E-state index in [1.807, 2.05) is 30.8 Å². The van der Waals surface area contributed by atoms with Crippen LogP contribution in [0.15, 0.2) is 24.8 Å². The van der Waals surface area contributed by atoms with Crippen molar-refractivity contribution in [1.82, 2.24) is 19.7 Å². The summed E-state index contributed by atoms with van der Waals surface area (Å²) in [5, 5.41) is 7.39. The van der Waals surface area contributed by atoms with Crippen LogP contribution < -0.4 is 10.1 Å². The van der Waals surface area contributed by atoms with E-state index in [0.717, 1.165) is 24.5 Å². The molecule has 0 spiro atoms. The van der Waals surface area contributed by atoms with E-state index in [-0.39, 0.29) is 0 Å². The summed E-state index contributed by atoms with van der Waals surface area (Å²) < 4.78 is 7.29. The minimum atomic E-state index is 0.602. The van der Waals surface area contributed by atoms with E-state index in [1.54, 1.807) is 6.20 Å². The van der Waals surface area contributed by atoms with E-state index in [2.05, 4.69) is 20.4 Å². The molecule has 0 fully saturated rings. The van der Waals surface area contributed by atoms with Crippen molar-refractivity contribution in [3.05, 3.63) is 30.4 Å². The Kier molecular flexibility index (Phi) is 4.11. The first-order valence-electron chi connectivity index (χ1n) is 5.97. The second-order valence-electron chi connectivity index (χ2n) is 3.78. The van der Waals surface area contributed by atoms with Gasteiger partial charge < -0.3 is 10.1 Å². The first-order valence-corrected chi connectivity index (χ1v) is 5.97. The molecular weight excluding hydrogens is 230 g/mol. The summed E-state index contributed by atoms with van der Waals surface area (Å²) in [7, 11) is 0. The number of hydrogen-bond donors (Lipinski definition) is 1. The van der Waals surface area contributed by atoms with Gasteiger partial charge in [0.2, 0.25) is 5.88 Å². The fraction of sp³-hybridized carbons (Fsp3) is 0.417. The summed E-state index contributed by atoms with van der Waals surface area (Å²) in [5.74, 6) is 1.44. The van der Waals surface area contributed by atoms with Gasteiger partial charge in [-0.2, -0.15) is 5.10 Å². The minimum absolute atomic E-state index is 0.602. The van der Waals surface area contributed by atoms with Crippen molar-refractivity contribution in [3.63, 3.8) is 0 Å². The fourth-order valence-corrected chi connectivity index (χ4v) is 1.62. The number of hydrogen-bond acceptors (Lipinski definition) is 5. The Morgan fingerprint density at radius 1 is 1.39 bits per heavy atom. The molecule has 0 radical (unpaired) electrons. The van der Waals surface area contributed by atoms with Crippen LogP contribution in [0.1, 0.15) is 12.5 Å². The van der Waals surface area contributed by atoms with Gasteiger partial charge in [-0.25, -0.2) is 9.97 Å². The number of aromatic nitrogens is 4. The molecule has 2 rings (SSSR count). The quantitative estimate of drug-likeness (QED) is 0.837. The second kappa shape index (κ2) is 6.00. The molecule has 0 saturated carbocycles. The lowest BCUT2D eigenvalue weighted by atomic mass is 10.3. The Labute approximate surface area is 106 Å². The third kappa shape index (κ3) is 2.97. The van der Waals surface area contributed by atoms with Crippen molar-refractivity contribution in [3.8, 4) is 5.88 Å². The van der Waals surface area contributed by atoms with E-state index in [9.17, 15) is 0 Å². The van der Waals surface area contributed by atoms with Gasteiger partial charge in [-0.1, -0.05) is 0 Å². The van der Waals surface area contributed by atoms with Gasteiger partial charge in [0.25, 0.3) is 0 Å². The van der Waals surface area contributed by atoms with Gasteiger partial charge in [-0.15, -0.1) is 0 Å². The first kappa shape index (κ1) is 12.3. The number of nitrogens with one attached hydrogen (secondary N) is 1. The average molecular weight is 247 g/mol. The molecule has 0 aliphatic carbocycles. The highest BCUT2D eigenvalue weighted by Gasteiger charge is 2.06. The molecule has 1 N–H and O–H groups in total. The molecular formula is C12H17N5O. The zero-order valence-corrected chi connectivity index (χ0v) is 10.6. The molecule has 6 nitrogen and oxygen atoms in total. The first-order chi connectivity index (χ1) is 8.81. The summed E-state index contributed by atoms with van der Waals surface area (Å²) >= 11 is 0. The highest BCUT2D eigenvalue weighted by Crippen LogP contribution is 2.19. The van der Waals surface area contributed by atoms with Gasteiger partial charge in [0.15, 0.2) is 0 Å². The van der Waals surface area contributed by atoms with E-state index in [1.165, 1.54) is 6.33 Å². The standard InChI is InChI=1S/C12H17N5O/c1-3-18-12-10(2)11(14-9-15-12)13-6-8-17-7-4-5-16-17/h4-5,7,9H,3,6,8H2,1-2H3,(H,13,14,15). The zero-order chi connectivity index (χ0) is 12.8. The Hall–Kier alpha value is -2.11. The largest absolute Gasteiger partial charge is 0.478 e. The molecule has 0 saturated heterocycles. The molecule has 0 aromatic carbocycles. The molecule has 0 aliphatic rings. The number of nitrogens with zero attached hydrogens (tertiary/aromatic N) is 4. The lowest BCUT2D eigenvalue weighted by Gasteiger charge is -2.11. The van der Waals surface area contributed by atoms with Gasteiger partial charge in [-0.05, 0) is 19.9 Å².